The van der Waals surface area contributed by atoms with Gasteiger partial charge in [0.15, 0.2) is 11.4 Å². The summed E-state index contributed by atoms with van der Waals surface area (Å²) < 4.78 is 6.70. The Kier molecular flexibility index (Phi) is 7.50. The van der Waals surface area contributed by atoms with Crippen molar-refractivity contribution >= 4 is 65.2 Å². The molecule has 0 amide bonds. The summed E-state index contributed by atoms with van der Waals surface area (Å²) in [6.07, 6.45) is 0. The molecule has 0 aliphatic heterocycles. The molecule has 0 saturated heterocycles. The van der Waals surface area contributed by atoms with E-state index in [9.17, 15) is 0 Å². The maximum Gasteiger partial charge on any atom is 0.162 e. The van der Waals surface area contributed by atoms with Gasteiger partial charge in [-0.15, -0.1) is 0 Å². The van der Waals surface area contributed by atoms with Crippen LogP contribution in [0.3, 0.4) is 0 Å². The lowest BCUT2D eigenvalue weighted by molar-refractivity contribution is 0.669. The van der Waals surface area contributed by atoms with Gasteiger partial charge >= 0.3 is 0 Å². The first-order valence-corrected chi connectivity index (χ1v) is 19.9. The Labute approximate surface area is 339 Å². The van der Waals surface area contributed by atoms with Crippen molar-refractivity contribution in [1.82, 2.24) is 15.0 Å². The fourth-order valence-corrected chi connectivity index (χ4v) is 8.81. The van der Waals surface area contributed by atoms with Gasteiger partial charge in [0.25, 0.3) is 0 Å². The zero-order chi connectivity index (χ0) is 38.9. The van der Waals surface area contributed by atoms with Crippen LogP contribution in [0.25, 0.3) is 121 Å². The van der Waals surface area contributed by atoms with Gasteiger partial charge in [-0.2, -0.15) is 0 Å². The van der Waals surface area contributed by atoms with E-state index in [4.69, 9.17) is 19.4 Å². The highest BCUT2D eigenvalue weighted by Gasteiger charge is 2.19. The molecule has 12 rings (SSSR count). The molecule has 3 heterocycles. The van der Waals surface area contributed by atoms with E-state index in [0.29, 0.717) is 5.82 Å². The van der Waals surface area contributed by atoms with Crippen LogP contribution in [-0.2, 0) is 0 Å². The fraction of sp³-hybridized carbons (Fsp3) is 0. The Morgan fingerprint density at radius 1 is 0.305 bits per heavy atom. The van der Waals surface area contributed by atoms with E-state index < -0.39 is 0 Å². The SMILES string of the molecule is c1ccc(-c2cc(-c3ccccc3)nc(-c3ccc(-c4nc5ccc(-c6ccc7c8ccccc8c8ccccc8c7c6)cc5c5c4oc4ccccc45)cc3)n2)cc1. The van der Waals surface area contributed by atoms with E-state index >= 15 is 0 Å². The molecule has 12 aromatic rings. The van der Waals surface area contributed by atoms with Gasteiger partial charge in [0.1, 0.15) is 11.3 Å². The number of hydrogen-bond acceptors (Lipinski definition) is 4. The zero-order valence-corrected chi connectivity index (χ0v) is 31.8. The van der Waals surface area contributed by atoms with Crippen molar-refractivity contribution in [2.75, 3.05) is 0 Å². The first-order valence-electron chi connectivity index (χ1n) is 19.9. The molecule has 0 unspecified atom stereocenters. The number of furan rings is 1. The van der Waals surface area contributed by atoms with Gasteiger partial charge in [-0.05, 0) is 73.8 Å². The third kappa shape index (κ3) is 5.49. The molecule has 4 heteroatoms. The lowest BCUT2D eigenvalue weighted by Gasteiger charge is -2.13. The fourth-order valence-electron chi connectivity index (χ4n) is 8.81. The monoisotopic (exact) mass is 751 g/mol. The Morgan fingerprint density at radius 2 is 0.780 bits per heavy atom. The molecule has 274 valence electrons. The predicted octanol–water partition coefficient (Wildman–Crippen LogP) is 14.7. The van der Waals surface area contributed by atoms with Crippen LogP contribution in [-0.4, -0.2) is 15.0 Å². The molecule has 0 atom stereocenters. The number of benzene rings is 9. The smallest absolute Gasteiger partial charge is 0.162 e. The molecule has 4 nitrogen and oxygen atoms in total. The first-order chi connectivity index (χ1) is 29.2. The Balaban J connectivity index is 0.995. The van der Waals surface area contributed by atoms with Gasteiger partial charge < -0.3 is 4.42 Å². The maximum absolute atomic E-state index is 6.70. The largest absolute Gasteiger partial charge is 0.454 e. The molecular weight excluding hydrogens is 719 g/mol. The second-order valence-electron chi connectivity index (χ2n) is 15.1. The summed E-state index contributed by atoms with van der Waals surface area (Å²) in [7, 11) is 0. The minimum absolute atomic E-state index is 0.666. The van der Waals surface area contributed by atoms with Crippen LogP contribution < -0.4 is 0 Å². The molecule has 0 aliphatic carbocycles. The summed E-state index contributed by atoms with van der Waals surface area (Å²) in [5.74, 6) is 0.666. The zero-order valence-electron chi connectivity index (χ0n) is 31.8. The molecular formula is C55H33N3O. The normalized spacial score (nSPS) is 11.7. The number of fused-ring (bicyclic) bond motifs is 11. The Hall–Kier alpha value is -7.95. The summed E-state index contributed by atoms with van der Waals surface area (Å²) >= 11 is 0. The molecule has 0 N–H and O–H groups in total. The van der Waals surface area contributed by atoms with Gasteiger partial charge in [-0.25, -0.2) is 15.0 Å². The number of hydrogen-bond donors (Lipinski definition) is 0. The van der Waals surface area contributed by atoms with Gasteiger partial charge in [-0.1, -0.05) is 170 Å². The molecule has 0 fully saturated rings. The number of pyridine rings is 1. The third-order valence-corrected chi connectivity index (χ3v) is 11.7. The molecule has 9 aromatic carbocycles. The van der Waals surface area contributed by atoms with E-state index in [1.807, 2.05) is 48.5 Å². The summed E-state index contributed by atoms with van der Waals surface area (Å²) in [5, 5.41) is 10.8. The molecule has 59 heavy (non-hydrogen) atoms. The number of nitrogens with zero attached hydrogens (tertiary/aromatic N) is 3. The second kappa shape index (κ2) is 13.3. The van der Waals surface area contributed by atoms with Crippen LogP contribution in [0, 0.1) is 0 Å². The van der Waals surface area contributed by atoms with Crippen molar-refractivity contribution in [2.24, 2.45) is 0 Å². The van der Waals surface area contributed by atoms with E-state index in [1.165, 1.54) is 32.3 Å². The van der Waals surface area contributed by atoms with Gasteiger partial charge in [0.2, 0.25) is 0 Å². The molecule has 0 bridgehead atoms. The molecule has 0 spiro atoms. The van der Waals surface area contributed by atoms with Crippen LogP contribution in [0.5, 0.6) is 0 Å². The minimum Gasteiger partial charge on any atom is -0.454 e. The molecule has 0 radical (unpaired) electrons. The molecule has 0 aliphatic rings. The summed E-state index contributed by atoms with van der Waals surface area (Å²) in [5.41, 5.74) is 11.3. The van der Waals surface area contributed by atoms with Crippen LogP contribution >= 0.6 is 0 Å². The van der Waals surface area contributed by atoms with E-state index in [1.54, 1.807) is 0 Å². The lowest BCUT2D eigenvalue weighted by Crippen LogP contribution is -1.96. The quantitative estimate of drug-likeness (QED) is 0.164. The summed E-state index contributed by atoms with van der Waals surface area (Å²) in [6, 6.07) is 70.2. The predicted molar refractivity (Wildman–Crippen MR) is 244 cm³/mol. The van der Waals surface area contributed by atoms with E-state index in [2.05, 4.69) is 152 Å². The second-order valence-corrected chi connectivity index (χ2v) is 15.1. The Morgan fingerprint density at radius 3 is 1.41 bits per heavy atom. The number of aromatic nitrogens is 3. The average Bonchev–Trinajstić information content (AvgIpc) is 3.72. The lowest BCUT2D eigenvalue weighted by atomic mass is 9.91. The molecule has 3 aromatic heterocycles. The van der Waals surface area contributed by atoms with Gasteiger partial charge in [-0.3, -0.25) is 0 Å². The average molecular weight is 752 g/mol. The third-order valence-electron chi connectivity index (χ3n) is 11.7. The van der Waals surface area contributed by atoms with Crippen molar-refractivity contribution in [1.29, 1.82) is 0 Å². The first kappa shape index (κ1) is 33.2. The van der Waals surface area contributed by atoms with Crippen molar-refractivity contribution in [2.45, 2.75) is 0 Å². The summed E-state index contributed by atoms with van der Waals surface area (Å²) in [6.45, 7) is 0. The highest BCUT2D eigenvalue weighted by molar-refractivity contribution is 6.26. The van der Waals surface area contributed by atoms with Crippen molar-refractivity contribution in [3.8, 4) is 56.3 Å². The van der Waals surface area contributed by atoms with Gasteiger partial charge in [0.05, 0.1) is 16.9 Å². The maximum atomic E-state index is 6.70. The summed E-state index contributed by atoms with van der Waals surface area (Å²) in [4.78, 5) is 15.4. The van der Waals surface area contributed by atoms with Crippen molar-refractivity contribution in [3.05, 3.63) is 200 Å². The van der Waals surface area contributed by atoms with Crippen molar-refractivity contribution in [3.63, 3.8) is 0 Å². The van der Waals surface area contributed by atoms with Crippen LogP contribution in [0.1, 0.15) is 0 Å². The van der Waals surface area contributed by atoms with Crippen LogP contribution in [0.4, 0.5) is 0 Å². The number of para-hydroxylation sites is 1. The van der Waals surface area contributed by atoms with Gasteiger partial charge in [0, 0.05) is 38.4 Å². The van der Waals surface area contributed by atoms with Crippen molar-refractivity contribution < 1.29 is 4.42 Å². The van der Waals surface area contributed by atoms with Crippen LogP contribution in [0.15, 0.2) is 205 Å². The Bertz CT molecular complexity index is 3500. The highest BCUT2D eigenvalue weighted by atomic mass is 16.3. The molecule has 0 saturated carbocycles. The number of rotatable bonds is 5. The van der Waals surface area contributed by atoms with E-state index in [0.717, 1.165) is 83.3 Å². The van der Waals surface area contributed by atoms with E-state index in [-0.39, 0.29) is 0 Å². The highest BCUT2D eigenvalue weighted by Crippen LogP contribution is 2.42. The minimum atomic E-state index is 0.666. The topological polar surface area (TPSA) is 51.8 Å². The standard InChI is InChI=1S/C55H33N3O/c1-3-13-34(14-4-1)49-33-50(35-15-5-2-6-16-35)58-55(57-49)37-25-23-36(24-26-37)53-54-52(45-21-11-12-22-51(45)59-54)47-32-39(28-30-48(47)56-53)38-27-29-44-42-19-8-7-17-40(42)41-18-9-10-20-43(41)46(44)31-38/h1-33H. The van der Waals surface area contributed by atoms with Crippen LogP contribution in [0.2, 0.25) is 0 Å².